The van der Waals surface area contributed by atoms with Crippen LogP contribution in [0.3, 0.4) is 0 Å². The van der Waals surface area contributed by atoms with E-state index in [4.69, 9.17) is 17.4 Å². The lowest BCUT2D eigenvalue weighted by Crippen LogP contribution is -2.30. The summed E-state index contributed by atoms with van der Waals surface area (Å²) in [6, 6.07) is 8.53. The highest BCUT2D eigenvalue weighted by Crippen LogP contribution is 2.29. The first-order chi connectivity index (χ1) is 9.04. The highest BCUT2D eigenvalue weighted by atomic mass is 35.5. The molecule has 0 heterocycles. The highest BCUT2D eigenvalue weighted by Gasteiger charge is 2.22. The Bertz CT molecular complexity index is 602. The largest absolute Gasteiger partial charge is 0.271 e. The third kappa shape index (κ3) is 2.76. The van der Waals surface area contributed by atoms with Gasteiger partial charge in [0.05, 0.1) is 6.04 Å². The Balaban J connectivity index is 2.57. The molecule has 2 aromatic rings. The van der Waals surface area contributed by atoms with Gasteiger partial charge in [-0.1, -0.05) is 29.8 Å². The molecule has 0 amide bonds. The fourth-order valence-corrected chi connectivity index (χ4v) is 2.17. The summed E-state index contributed by atoms with van der Waals surface area (Å²) in [7, 11) is 0. The van der Waals surface area contributed by atoms with Crippen LogP contribution >= 0.6 is 11.6 Å². The summed E-state index contributed by atoms with van der Waals surface area (Å²) < 4.78 is 28.0. The molecule has 0 aromatic heterocycles. The van der Waals surface area contributed by atoms with Gasteiger partial charge in [-0.15, -0.1) is 0 Å². The maximum atomic E-state index is 14.1. The molecule has 1 atom stereocenters. The molecule has 0 aliphatic heterocycles. The van der Waals surface area contributed by atoms with Crippen molar-refractivity contribution in [1.29, 1.82) is 0 Å². The molecule has 2 aromatic carbocycles. The fraction of sp³-hybridized carbons (Fsp3) is 0.143. The molecule has 0 bridgehead atoms. The molecule has 0 aliphatic rings. The van der Waals surface area contributed by atoms with Crippen LogP contribution in [0.15, 0.2) is 36.4 Å². The summed E-state index contributed by atoms with van der Waals surface area (Å²) in [5, 5.41) is 0.478. The van der Waals surface area contributed by atoms with Gasteiger partial charge in [-0.2, -0.15) is 0 Å². The number of aryl methyl sites for hydroxylation is 1. The maximum absolute atomic E-state index is 14.1. The summed E-state index contributed by atoms with van der Waals surface area (Å²) in [5.74, 6) is 4.19. The van der Waals surface area contributed by atoms with Crippen LogP contribution in [0.2, 0.25) is 5.02 Å². The zero-order valence-corrected chi connectivity index (χ0v) is 11.0. The lowest BCUT2D eigenvalue weighted by atomic mass is 9.96. The van der Waals surface area contributed by atoms with E-state index in [9.17, 15) is 8.78 Å². The molecule has 1 unspecified atom stereocenters. The molecular weight excluding hydrogens is 270 g/mol. The Kier molecular flexibility index (Phi) is 4.14. The first-order valence-electron chi connectivity index (χ1n) is 5.70. The van der Waals surface area contributed by atoms with E-state index in [1.54, 1.807) is 31.2 Å². The lowest BCUT2D eigenvalue weighted by molar-refractivity contribution is 0.506. The SMILES string of the molecule is Cc1ccc(F)c(C(NN)c2cccc(Cl)c2)c1F. The van der Waals surface area contributed by atoms with Crippen molar-refractivity contribution >= 4 is 11.6 Å². The quantitative estimate of drug-likeness (QED) is 0.668. The molecule has 0 spiro atoms. The van der Waals surface area contributed by atoms with E-state index in [0.717, 1.165) is 0 Å². The van der Waals surface area contributed by atoms with Crippen molar-refractivity contribution in [3.05, 3.63) is 69.7 Å². The molecule has 0 saturated heterocycles. The standard InChI is InChI=1S/C14H13ClF2N2/c1-8-5-6-11(16)12(13(8)17)14(19-18)9-3-2-4-10(15)7-9/h2-7,14,19H,18H2,1H3. The third-order valence-electron chi connectivity index (χ3n) is 2.96. The van der Waals surface area contributed by atoms with E-state index in [1.165, 1.54) is 12.1 Å². The number of nitrogens with one attached hydrogen (secondary N) is 1. The summed E-state index contributed by atoms with van der Waals surface area (Å²) in [5.41, 5.74) is 3.28. The number of hydrazine groups is 1. The summed E-state index contributed by atoms with van der Waals surface area (Å²) in [6.07, 6.45) is 0. The Morgan fingerprint density at radius 2 is 1.95 bits per heavy atom. The molecule has 3 N–H and O–H groups in total. The van der Waals surface area contributed by atoms with E-state index >= 15 is 0 Å². The van der Waals surface area contributed by atoms with Crippen LogP contribution < -0.4 is 11.3 Å². The van der Waals surface area contributed by atoms with Crippen LogP contribution in [0, 0.1) is 18.6 Å². The molecule has 0 fully saturated rings. The van der Waals surface area contributed by atoms with Crippen molar-refractivity contribution in [2.24, 2.45) is 5.84 Å². The second-order valence-corrected chi connectivity index (χ2v) is 4.68. The van der Waals surface area contributed by atoms with Gasteiger partial charge in [-0.3, -0.25) is 5.84 Å². The van der Waals surface area contributed by atoms with Crippen LogP contribution in [-0.4, -0.2) is 0 Å². The third-order valence-corrected chi connectivity index (χ3v) is 3.19. The first-order valence-corrected chi connectivity index (χ1v) is 6.08. The van der Waals surface area contributed by atoms with Crippen molar-refractivity contribution in [1.82, 2.24) is 5.43 Å². The zero-order valence-electron chi connectivity index (χ0n) is 10.3. The smallest absolute Gasteiger partial charge is 0.134 e. The minimum atomic E-state index is -0.793. The number of rotatable bonds is 3. The van der Waals surface area contributed by atoms with Crippen molar-refractivity contribution in [3.8, 4) is 0 Å². The second-order valence-electron chi connectivity index (χ2n) is 4.25. The van der Waals surface area contributed by atoms with Gasteiger partial charge in [0.2, 0.25) is 0 Å². The van der Waals surface area contributed by atoms with Crippen molar-refractivity contribution < 1.29 is 8.78 Å². The van der Waals surface area contributed by atoms with Gasteiger partial charge in [-0.05, 0) is 36.2 Å². The van der Waals surface area contributed by atoms with Gasteiger partial charge < -0.3 is 0 Å². The molecule has 19 heavy (non-hydrogen) atoms. The monoisotopic (exact) mass is 282 g/mol. The Morgan fingerprint density at radius 1 is 1.21 bits per heavy atom. The number of nitrogens with two attached hydrogens (primary N) is 1. The predicted octanol–water partition coefficient (Wildman–Crippen LogP) is 3.48. The fourth-order valence-electron chi connectivity index (χ4n) is 1.98. The minimum Gasteiger partial charge on any atom is -0.271 e. The number of hydrogen-bond acceptors (Lipinski definition) is 2. The average molecular weight is 283 g/mol. The number of halogens is 3. The summed E-state index contributed by atoms with van der Waals surface area (Å²) in [6.45, 7) is 1.57. The van der Waals surface area contributed by atoms with E-state index in [1.807, 2.05) is 0 Å². The molecule has 0 saturated carbocycles. The normalized spacial score (nSPS) is 12.5. The van der Waals surface area contributed by atoms with Crippen LogP contribution in [0.25, 0.3) is 0 Å². The molecule has 0 aliphatic carbocycles. The molecule has 2 rings (SSSR count). The molecule has 2 nitrogen and oxygen atoms in total. The highest BCUT2D eigenvalue weighted by molar-refractivity contribution is 6.30. The Labute approximate surface area is 115 Å². The van der Waals surface area contributed by atoms with Crippen molar-refractivity contribution in [2.45, 2.75) is 13.0 Å². The summed E-state index contributed by atoms with van der Waals surface area (Å²) >= 11 is 5.89. The van der Waals surface area contributed by atoms with Crippen LogP contribution in [0.4, 0.5) is 8.78 Å². The maximum Gasteiger partial charge on any atom is 0.134 e. The minimum absolute atomic E-state index is 0.107. The van der Waals surface area contributed by atoms with Crippen LogP contribution in [0.1, 0.15) is 22.7 Å². The predicted molar refractivity (Wildman–Crippen MR) is 71.7 cm³/mol. The number of benzene rings is 2. The van der Waals surface area contributed by atoms with Gasteiger partial charge in [0.25, 0.3) is 0 Å². The Morgan fingerprint density at radius 3 is 2.58 bits per heavy atom. The molecular formula is C14H13ClF2N2. The van der Waals surface area contributed by atoms with Gasteiger partial charge in [-0.25, -0.2) is 14.2 Å². The molecule has 0 radical (unpaired) electrons. The van der Waals surface area contributed by atoms with E-state index < -0.39 is 17.7 Å². The van der Waals surface area contributed by atoms with Gasteiger partial charge in [0, 0.05) is 10.6 Å². The average Bonchev–Trinajstić information content (AvgIpc) is 2.39. The molecule has 5 heteroatoms. The topological polar surface area (TPSA) is 38.0 Å². The first kappa shape index (κ1) is 13.9. The van der Waals surface area contributed by atoms with Crippen LogP contribution in [0.5, 0.6) is 0 Å². The number of hydrogen-bond donors (Lipinski definition) is 2. The summed E-state index contributed by atoms with van der Waals surface area (Å²) in [4.78, 5) is 0. The van der Waals surface area contributed by atoms with Gasteiger partial charge in [0.15, 0.2) is 0 Å². The Hall–Kier alpha value is -1.49. The lowest BCUT2D eigenvalue weighted by Gasteiger charge is -2.19. The van der Waals surface area contributed by atoms with Gasteiger partial charge >= 0.3 is 0 Å². The van der Waals surface area contributed by atoms with E-state index in [2.05, 4.69) is 5.43 Å². The zero-order chi connectivity index (χ0) is 14.0. The van der Waals surface area contributed by atoms with E-state index in [0.29, 0.717) is 16.1 Å². The van der Waals surface area contributed by atoms with Crippen molar-refractivity contribution in [3.63, 3.8) is 0 Å². The molecule has 100 valence electrons. The van der Waals surface area contributed by atoms with Gasteiger partial charge in [0.1, 0.15) is 11.6 Å². The second kappa shape index (κ2) is 5.65. The van der Waals surface area contributed by atoms with E-state index in [-0.39, 0.29) is 5.56 Å². The van der Waals surface area contributed by atoms with Crippen LogP contribution in [-0.2, 0) is 0 Å². The van der Waals surface area contributed by atoms with Crippen molar-refractivity contribution in [2.75, 3.05) is 0 Å².